The van der Waals surface area contributed by atoms with Gasteiger partial charge in [-0.25, -0.2) is 0 Å². The molecule has 1 amide bonds. The van der Waals surface area contributed by atoms with Gasteiger partial charge >= 0.3 is 0 Å². The SMILES string of the molecule is C[C@H](NC(=O)CN(C)Cc1ccccc1)c1ccc(Br)cc1. The fourth-order valence-corrected chi connectivity index (χ4v) is 2.58. The minimum Gasteiger partial charge on any atom is -0.348 e. The maximum atomic E-state index is 12.1. The van der Waals surface area contributed by atoms with E-state index in [0.29, 0.717) is 6.54 Å². The van der Waals surface area contributed by atoms with Crippen LogP contribution in [-0.4, -0.2) is 24.4 Å². The zero-order valence-electron chi connectivity index (χ0n) is 12.9. The minimum atomic E-state index is 0.00530. The quantitative estimate of drug-likeness (QED) is 0.850. The lowest BCUT2D eigenvalue weighted by Gasteiger charge is -2.19. The fraction of sp³-hybridized carbons (Fsp3) is 0.278. The molecule has 0 radical (unpaired) electrons. The number of nitrogens with one attached hydrogen (secondary N) is 1. The molecular weight excluding hydrogens is 340 g/mol. The summed E-state index contributed by atoms with van der Waals surface area (Å²) in [5, 5.41) is 3.04. The number of rotatable bonds is 6. The van der Waals surface area contributed by atoms with Crippen molar-refractivity contribution in [1.82, 2.24) is 10.2 Å². The first-order valence-corrected chi connectivity index (χ1v) is 8.11. The van der Waals surface area contributed by atoms with Gasteiger partial charge in [0.15, 0.2) is 0 Å². The fourth-order valence-electron chi connectivity index (χ4n) is 2.32. The van der Waals surface area contributed by atoms with E-state index in [9.17, 15) is 4.79 Å². The minimum absolute atomic E-state index is 0.00530. The molecule has 2 rings (SSSR count). The molecule has 0 bridgehead atoms. The lowest BCUT2D eigenvalue weighted by molar-refractivity contribution is -0.122. The van der Waals surface area contributed by atoms with Crippen LogP contribution in [0.4, 0.5) is 0 Å². The summed E-state index contributed by atoms with van der Waals surface area (Å²) in [5.41, 5.74) is 2.31. The molecule has 2 aromatic carbocycles. The zero-order valence-corrected chi connectivity index (χ0v) is 14.5. The van der Waals surface area contributed by atoms with Gasteiger partial charge in [-0.05, 0) is 37.2 Å². The summed E-state index contributed by atoms with van der Waals surface area (Å²) in [6.45, 7) is 3.15. The average Bonchev–Trinajstić information content (AvgIpc) is 2.48. The van der Waals surface area contributed by atoms with Gasteiger partial charge in [0.2, 0.25) is 5.91 Å². The van der Waals surface area contributed by atoms with Gasteiger partial charge in [0, 0.05) is 11.0 Å². The molecule has 116 valence electrons. The van der Waals surface area contributed by atoms with E-state index in [0.717, 1.165) is 16.6 Å². The van der Waals surface area contributed by atoms with Gasteiger partial charge in [-0.1, -0.05) is 58.4 Å². The number of carbonyl (C=O) groups excluding carboxylic acids is 1. The molecule has 0 aliphatic rings. The third kappa shape index (κ3) is 5.28. The van der Waals surface area contributed by atoms with Crippen molar-refractivity contribution in [1.29, 1.82) is 0 Å². The third-order valence-electron chi connectivity index (χ3n) is 3.46. The van der Waals surface area contributed by atoms with E-state index in [4.69, 9.17) is 0 Å². The van der Waals surface area contributed by atoms with Gasteiger partial charge < -0.3 is 5.32 Å². The Balaban J connectivity index is 1.83. The average molecular weight is 361 g/mol. The molecule has 1 atom stereocenters. The first-order chi connectivity index (χ1) is 10.5. The summed E-state index contributed by atoms with van der Waals surface area (Å²) in [6, 6.07) is 18.2. The number of hydrogen-bond donors (Lipinski definition) is 1. The molecule has 0 saturated heterocycles. The second-order valence-electron chi connectivity index (χ2n) is 5.50. The Bertz CT molecular complexity index is 598. The van der Waals surface area contributed by atoms with E-state index in [1.807, 2.05) is 61.3 Å². The molecule has 0 saturated carbocycles. The Morgan fingerprint density at radius 1 is 1.14 bits per heavy atom. The maximum absolute atomic E-state index is 12.1. The van der Waals surface area contributed by atoms with Gasteiger partial charge in [-0.15, -0.1) is 0 Å². The summed E-state index contributed by atoms with van der Waals surface area (Å²) in [5.74, 6) is 0.0360. The molecule has 0 aromatic heterocycles. The van der Waals surface area contributed by atoms with Crippen LogP contribution in [-0.2, 0) is 11.3 Å². The molecule has 0 aliphatic carbocycles. The van der Waals surface area contributed by atoms with Crippen LogP contribution in [0.5, 0.6) is 0 Å². The molecule has 0 heterocycles. The second kappa shape index (κ2) is 8.11. The summed E-state index contributed by atoms with van der Waals surface area (Å²) < 4.78 is 1.04. The molecule has 0 fully saturated rings. The number of carbonyl (C=O) groups is 1. The monoisotopic (exact) mass is 360 g/mol. The number of likely N-dealkylation sites (N-methyl/N-ethyl adjacent to an activating group) is 1. The normalized spacial score (nSPS) is 12.2. The van der Waals surface area contributed by atoms with Crippen LogP contribution in [0.3, 0.4) is 0 Å². The predicted molar refractivity (Wildman–Crippen MR) is 93.5 cm³/mol. The first-order valence-electron chi connectivity index (χ1n) is 7.32. The van der Waals surface area contributed by atoms with Crippen LogP contribution in [0, 0.1) is 0 Å². The Morgan fingerprint density at radius 2 is 1.77 bits per heavy atom. The van der Waals surface area contributed by atoms with Crippen molar-refractivity contribution in [3.05, 3.63) is 70.2 Å². The Kier molecular flexibility index (Phi) is 6.16. The molecule has 2 aromatic rings. The standard InChI is InChI=1S/C18H21BrN2O/c1-14(16-8-10-17(19)11-9-16)20-18(22)13-21(2)12-15-6-4-3-5-7-15/h3-11,14H,12-13H2,1-2H3,(H,20,22)/t14-/m0/s1. The van der Waals surface area contributed by atoms with Crippen LogP contribution in [0.25, 0.3) is 0 Å². The number of benzene rings is 2. The highest BCUT2D eigenvalue weighted by Gasteiger charge is 2.11. The summed E-state index contributed by atoms with van der Waals surface area (Å²) in [6.07, 6.45) is 0. The van der Waals surface area contributed by atoms with Crippen LogP contribution in [0.1, 0.15) is 24.1 Å². The maximum Gasteiger partial charge on any atom is 0.234 e. The van der Waals surface area contributed by atoms with E-state index in [-0.39, 0.29) is 11.9 Å². The number of hydrogen-bond acceptors (Lipinski definition) is 2. The zero-order chi connectivity index (χ0) is 15.9. The van der Waals surface area contributed by atoms with Crippen LogP contribution >= 0.6 is 15.9 Å². The predicted octanol–water partition coefficient (Wildman–Crippen LogP) is 3.76. The molecule has 0 unspecified atom stereocenters. The van der Waals surface area contributed by atoms with E-state index >= 15 is 0 Å². The largest absolute Gasteiger partial charge is 0.348 e. The molecule has 0 aliphatic heterocycles. The van der Waals surface area contributed by atoms with E-state index < -0.39 is 0 Å². The molecule has 1 N–H and O–H groups in total. The van der Waals surface area contributed by atoms with Crippen molar-refractivity contribution in [3.8, 4) is 0 Å². The molecule has 3 nitrogen and oxygen atoms in total. The van der Waals surface area contributed by atoms with Crippen LogP contribution < -0.4 is 5.32 Å². The van der Waals surface area contributed by atoms with E-state index in [2.05, 4.69) is 33.4 Å². The van der Waals surface area contributed by atoms with Crippen LogP contribution in [0.2, 0.25) is 0 Å². The van der Waals surface area contributed by atoms with Gasteiger partial charge in [-0.2, -0.15) is 0 Å². The van der Waals surface area contributed by atoms with Crippen molar-refractivity contribution in [3.63, 3.8) is 0 Å². The van der Waals surface area contributed by atoms with Gasteiger partial charge in [-0.3, -0.25) is 9.69 Å². The molecular formula is C18H21BrN2O. The molecule has 0 spiro atoms. The third-order valence-corrected chi connectivity index (χ3v) is 3.99. The Morgan fingerprint density at radius 3 is 2.41 bits per heavy atom. The van der Waals surface area contributed by atoms with Crippen molar-refractivity contribution < 1.29 is 4.79 Å². The smallest absolute Gasteiger partial charge is 0.234 e. The lowest BCUT2D eigenvalue weighted by atomic mass is 10.1. The van der Waals surface area contributed by atoms with Gasteiger partial charge in [0.1, 0.15) is 0 Å². The lowest BCUT2D eigenvalue weighted by Crippen LogP contribution is -2.36. The van der Waals surface area contributed by atoms with Crippen molar-refractivity contribution in [2.24, 2.45) is 0 Å². The summed E-state index contributed by atoms with van der Waals surface area (Å²) >= 11 is 3.42. The van der Waals surface area contributed by atoms with Gasteiger partial charge in [0.25, 0.3) is 0 Å². The topological polar surface area (TPSA) is 32.3 Å². The Labute approximate surface area is 140 Å². The highest BCUT2D eigenvalue weighted by molar-refractivity contribution is 9.10. The summed E-state index contributed by atoms with van der Waals surface area (Å²) in [4.78, 5) is 14.1. The molecule has 22 heavy (non-hydrogen) atoms. The summed E-state index contributed by atoms with van der Waals surface area (Å²) in [7, 11) is 1.96. The van der Waals surface area contributed by atoms with E-state index in [1.54, 1.807) is 0 Å². The highest BCUT2D eigenvalue weighted by Crippen LogP contribution is 2.16. The van der Waals surface area contributed by atoms with Crippen molar-refractivity contribution in [2.75, 3.05) is 13.6 Å². The van der Waals surface area contributed by atoms with Gasteiger partial charge in [0.05, 0.1) is 12.6 Å². The molecule has 4 heteroatoms. The van der Waals surface area contributed by atoms with Crippen molar-refractivity contribution in [2.45, 2.75) is 19.5 Å². The second-order valence-corrected chi connectivity index (χ2v) is 6.41. The Hall–Kier alpha value is -1.65. The van der Waals surface area contributed by atoms with E-state index in [1.165, 1.54) is 5.56 Å². The van der Waals surface area contributed by atoms with Crippen LogP contribution in [0.15, 0.2) is 59.1 Å². The number of halogens is 1. The first kappa shape index (κ1) is 16.7. The number of amides is 1. The number of nitrogens with zero attached hydrogens (tertiary/aromatic N) is 1. The van der Waals surface area contributed by atoms with Crippen molar-refractivity contribution >= 4 is 21.8 Å². The highest BCUT2D eigenvalue weighted by atomic mass is 79.9.